The number of nitrogens with one attached hydrogen (secondary N) is 1. The Bertz CT molecular complexity index is 1020. The summed E-state index contributed by atoms with van der Waals surface area (Å²) in [5.74, 6) is 0.438. The third-order valence-corrected chi connectivity index (χ3v) is 4.64. The molecule has 1 heterocycles. The zero-order valence-corrected chi connectivity index (χ0v) is 17.3. The van der Waals surface area contributed by atoms with Gasteiger partial charge in [0.2, 0.25) is 5.89 Å². The second kappa shape index (κ2) is 8.50. The molecule has 1 amide bonds. The number of amides is 1. The molecule has 1 N–H and O–H groups in total. The smallest absolute Gasteiger partial charge is 0.288 e. The van der Waals surface area contributed by atoms with Crippen LogP contribution in [-0.2, 0) is 13.2 Å². The van der Waals surface area contributed by atoms with E-state index in [0.29, 0.717) is 29.5 Å². The highest BCUT2D eigenvalue weighted by atomic mass is 32.1. The zero-order chi connectivity index (χ0) is 20.3. The van der Waals surface area contributed by atoms with Gasteiger partial charge in [-0.25, -0.2) is 4.68 Å². The highest BCUT2D eigenvalue weighted by Gasteiger charge is 2.11. The van der Waals surface area contributed by atoms with E-state index in [0.717, 1.165) is 22.3 Å². The van der Waals surface area contributed by atoms with Gasteiger partial charge >= 0.3 is 0 Å². The molecule has 0 aliphatic carbocycles. The molecule has 0 radical (unpaired) electrons. The minimum atomic E-state index is -0.0901. The van der Waals surface area contributed by atoms with Gasteiger partial charge in [0.25, 0.3) is 10.7 Å². The van der Waals surface area contributed by atoms with E-state index in [-0.39, 0.29) is 5.91 Å². The van der Waals surface area contributed by atoms with Crippen molar-refractivity contribution in [1.82, 2.24) is 20.0 Å². The van der Waals surface area contributed by atoms with Crippen LogP contribution in [0.15, 0.2) is 46.9 Å². The first kappa shape index (κ1) is 20.0. The second-order valence-corrected chi connectivity index (χ2v) is 7.33. The van der Waals surface area contributed by atoms with Crippen molar-refractivity contribution >= 4 is 18.1 Å². The molecule has 0 aliphatic heterocycles. The number of aryl methyl sites for hydroxylation is 2. The lowest BCUT2D eigenvalue weighted by Crippen LogP contribution is -2.22. The van der Waals surface area contributed by atoms with Crippen molar-refractivity contribution in [3.63, 3.8) is 0 Å². The quantitative estimate of drug-likeness (QED) is 0.640. The van der Waals surface area contributed by atoms with Gasteiger partial charge in [0.1, 0.15) is 0 Å². The Morgan fingerprint density at radius 3 is 2.43 bits per heavy atom. The van der Waals surface area contributed by atoms with E-state index in [4.69, 9.17) is 16.6 Å². The van der Waals surface area contributed by atoms with E-state index in [1.54, 1.807) is 11.7 Å². The Morgan fingerprint density at radius 1 is 1.18 bits per heavy atom. The summed E-state index contributed by atoms with van der Waals surface area (Å²) in [4.78, 5) is 14.1. The second-order valence-electron chi connectivity index (χ2n) is 6.98. The molecular weight excluding hydrogens is 372 g/mol. The molecule has 0 bridgehead atoms. The third-order valence-electron chi connectivity index (χ3n) is 4.35. The van der Waals surface area contributed by atoms with E-state index in [9.17, 15) is 4.79 Å². The number of hydrogen-bond donors (Lipinski definition) is 1. The molecule has 0 atom stereocenters. The first-order valence-corrected chi connectivity index (χ1v) is 9.42. The maximum Gasteiger partial charge on any atom is 0.288 e. The molecule has 3 rings (SSSR count). The van der Waals surface area contributed by atoms with Gasteiger partial charge < -0.3 is 9.73 Å². The van der Waals surface area contributed by atoms with Crippen LogP contribution >= 0.6 is 12.2 Å². The molecule has 6 nitrogen and oxygen atoms in total. The summed E-state index contributed by atoms with van der Waals surface area (Å²) in [7, 11) is 3.61. The first-order valence-electron chi connectivity index (χ1n) is 9.02. The van der Waals surface area contributed by atoms with Crippen LogP contribution in [0.5, 0.6) is 0 Å². The Balaban J connectivity index is 1.70. The van der Waals surface area contributed by atoms with Crippen molar-refractivity contribution in [1.29, 1.82) is 0 Å². The summed E-state index contributed by atoms with van der Waals surface area (Å²) in [6, 6.07) is 13.7. The van der Waals surface area contributed by atoms with Gasteiger partial charge in [-0.3, -0.25) is 9.69 Å². The number of carbonyl (C=O) groups is 1. The maximum absolute atomic E-state index is 11.6. The fourth-order valence-corrected chi connectivity index (χ4v) is 3.28. The number of carbonyl (C=O) groups excluding carboxylic acids is 1. The Kier molecular flexibility index (Phi) is 6.06. The molecule has 0 spiro atoms. The SMILES string of the molecule is CNC(=O)c1ccc(CN(C)Cn2nc(-c3cc(C)cc(C)c3)oc2=S)cc1. The Labute approximate surface area is 169 Å². The molecule has 3 aromatic rings. The van der Waals surface area contributed by atoms with Gasteiger partial charge in [-0.2, -0.15) is 0 Å². The minimum absolute atomic E-state index is 0.0901. The van der Waals surface area contributed by atoms with Crippen LogP contribution in [0.3, 0.4) is 0 Å². The number of rotatable bonds is 6. The van der Waals surface area contributed by atoms with Crippen LogP contribution in [0, 0.1) is 18.7 Å². The van der Waals surface area contributed by atoms with Crippen molar-refractivity contribution in [2.75, 3.05) is 14.1 Å². The molecule has 0 aliphatic rings. The molecule has 28 heavy (non-hydrogen) atoms. The molecule has 7 heteroatoms. The Morgan fingerprint density at radius 2 is 1.82 bits per heavy atom. The average molecular weight is 397 g/mol. The standard InChI is InChI=1S/C21H24N4O2S/c1-14-9-15(2)11-18(10-14)20-23-25(21(28)27-20)13-24(4)12-16-5-7-17(8-6-16)19(26)22-3/h5-11H,12-13H2,1-4H3,(H,22,26). The lowest BCUT2D eigenvalue weighted by Gasteiger charge is -2.16. The van der Waals surface area contributed by atoms with Gasteiger partial charge in [0.15, 0.2) is 0 Å². The highest BCUT2D eigenvalue weighted by Crippen LogP contribution is 2.21. The van der Waals surface area contributed by atoms with Crippen LogP contribution in [0.4, 0.5) is 0 Å². The molecule has 2 aromatic carbocycles. The van der Waals surface area contributed by atoms with E-state index >= 15 is 0 Å². The summed E-state index contributed by atoms with van der Waals surface area (Å²) in [6.45, 7) is 5.29. The predicted octanol–water partition coefficient (Wildman–Crippen LogP) is 3.94. The van der Waals surface area contributed by atoms with Crippen molar-refractivity contribution in [3.05, 3.63) is 69.6 Å². The van der Waals surface area contributed by atoms with Gasteiger partial charge in [-0.1, -0.05) is 29.3 Å². The van der Waals surface area contributed by atoms with E-state index in [1.165, 1.54) is 0 Å². The third kappa shape index (κ3) is 4.74. The van der Waals surface area contributed by atoms with Crippen LogP contribution in [0.2, 0.25) is 0 Å². The van der Waals surface area contributed by atoms with Gasteiger partial charge in [0.05, 0.1) is 6.67 Å². The van der Waals surface area contributed by atoms with Gasteiger partial charge in [-0.15, -0.1) is 5.10 Å². The summed E-state index contributed by atoms with van der Waals surface area (Å²) in [5, 5.41) is 7.16. The normalized spacial score (nSPS) is 11.0. The van der Waals surface area contributed by atoms with Gasteiger partial charge in [0, 0.05) is 24.7 Å². The molecular formula is C21H24N4O2S. The Hall–Kier alpha value is -2.77. The average Bonchev–Trinajstić information content (AvgIpc) is 3.01. The number of aromatic nitrogens is 2. The predicted molar refractivity (Wildman–Crippen MR) is 112 cm³/mol. The van der Waals surface area contributed by atoms with Crippen LogP contribution < -0.4 is 5.32 Å². The van der Waals surface area contributed by atoms with Gasteiger partial charge in [-0.05, 0) is 62.9 Å². The van der Waals surface area contributed by atoms with E-state index in [2.05, 4.69) is 21.4 Å². The molecule has 0 unspecified atom stereocenters. The van der Waals surface area contributed by atoms with Crippen LogP contribution in [0.1, 0.15) is 27.0 Å². The topological polar surface area (TPSA) is 63.3 Å². The van der Waals surface area contributed by atoms with Crippen molar-refractivity contribution in [2.45, 2.75) is 27.1 Å². The van der Waals surface area contributed by atoms with Crippen molar-refractivity contribution < 1.29 is 9.21 Å². The van der Waals surface area contributed by atoms with Crippen molar-refractivity contribution in [3.8, 4) is 11.5 Å². The highest BCUT2D eigenvalue weighted by molar-refractivity contribution is 7.71. The summed E-state index contributed by atoms with van der Waals surface area (Å²) in [6.07, 6.45) is 0. The summed E-state index contributed by atoms with van der Waals surface area (Å²) >= 11 is 5.34. The summed E-state index contributed by atoms with van der Waals surface area (Å²) < 4.78 is 7.39. The monoisotopic (exact) mass is 396 g/mol. The van der Waals surface area contributed by atoms with Crippen molar-refractivity contribution in [2.24, 2.45) is 0 Å². The van der Waals surface area contributed by atoms with Crippen LogP contribution in [-0.4, -0.2) is 34.7 Å². The van der Waals surface area contributed by atoms with E-state index in [1.807, 2.05) is 57.3 Å². The fraction of sp³-hybridized carbons (Fsp3) is 0.286. The van der Waals surface area contributed by atoms with E-state index < -0.39 is 0 Å². The van der Waals surface area contributed by atoms with Crippen LogP contribution in [0.25, 0.3) is 11.5 Å². The minimum Gasteiger partial charge on any atom is -0.409 e. The lowest BCUT2D eigenvalue weighted by atomic mass is 10.1. The molecule has 1 aromatic heterocycles. The fourth-order valence-electron chi connectivity index (χ4n) is 3.11. The molecule has 0 saturated heterocycles. The number of hydrogen-bond acceptors (Lipinski definition) is 5. The summed E-state index contributed by atoms with van der Waals surface area (Å²) in [5.41, 5.74) is 4.98. The molecule has 0 fully saturated rings. The zero-order valence-electron chi connectivity index (χ0n) is 16.5. The molecule has 0 saturated carbocycles. The number of nitrogens with zero attached hydrogens (tertiary/aromatic N) is 3. The maximum atomic E-state index is 11.6. The molecule has 146 valence electrons. The first-order chi connectivity index (χ1) is 13.4. The lowest BCUT2D eigenvalue weighted by molar-refractivity contribution is 0.0963. The number of benzene rings is 2. The largest absolute Gasteiger partial charge is 0.409 e.